The molecular weight excluding hydrogens is 254 g/mol. The van der Waals surface area contributed by atoms with Gasteiger partial charge in [-0.1, -0.05) is 30.3 Å². The average molecular weight is 273 g/mol. The molecule has 1 heterocycles. The fraction of sp³-hybridized carbons (Fsp3) is 0.375. The Bertz CT molecular complexity index is 496. The lowest BCUT2D eigenvalue weighted by Gasteiger charge is -2.31. The number of rotatable bonds is 4. The second kappa shape index (κ2) is 6.89. The standard InChI is InChI=1S/C16H19NO3/c18-15(9-8-13-5-2-1-3-6-13)17-10-4-7-14(12-17)11-16(19)20/h1-3,5-6,8-9,14H,4,7,10-12H2,(H,19,20). The van der Waals surface area contributed by atoms with Crippen LogP contribution in [0.4, 0.5) is 0 Å². The van der Waals surface area contributed by atoms with E-state index in [9.17, 15) is 9.59 Å². The lowest BCUT2D eigenvalue weighted by molar-refractivity contribution is -0.139. The van der Waals surface area contributed by atoms with Gasteiger partial charge in [-0.15, -0.1) is 0 Å². The van der Waals surface area contributed by atoms with E-state index in [2.05, 4.69) is 0 Å². The molecule has 1 aromatic carbocycles. The molecule has 4 nitrogen and oxygen atoms in total. The molecule has 2 rings (SSSR count). The average Bonchev–Trinajstić information content (AvgIpc) is 2.45. The summed E-state index contributed by atoms with van der Waals surface area (Å²) in [5.74, 6) is -0.747. The van der Waals surface area contributed by atoms with Crippen LogP contribution < -0.4 is 0 Å². The largest absolute Gasteiger partial charge is 0.481 e. The highest BCUT2D eigenvalue weighted by Crippen LogP contribution is 2.20. The van der Waals surface area contributed by atoms with Crippen LogP contribution in [0.1, 0.15) is 24.8 Å². The van der Waals surface area contributed by atoms with E-state index >= 15 is 0 Å². The first-order valence-electron chi connectivity index (χ1n) is 6.89. The molecule has 0 aromatic heterocycles. The van der Waals surface area contributed by atoms with Crippen LogP contribution in [0.2, 0.25) is 0 Å². The molecule has 1 N–H and O–H groups in total. The van der Waals surface area contributed by atoms with Gasteiger partial charge in [-0.05, 0) is 30.4 Å². The Morgan fingerprint density at radius 2 is 2.05 bits per heavy atom. The van der Waals surface area contributed by atoms with Gasteiger partial charge < -0.3 is 10.0 Å². The molecular formula is C16H19NO3. The van der Waals surface area contributed by atoms with Crippen LogP contribution in [-0.4, -0.2) is 35.0 Å². The number of aliphatic carboxylic acids is 1. The number of amides is 1. The highest BCUT2D eigenvalue weighted by molar-refractivity contribution is 5.91. The van der Waals surface area contributed by atoms with E-state index < -0.39 is 5.97 Å². The quantitative estimate of drug-likeness (QED) is 0.857. The number of carboxylic acids is 1. The molecule has 0 spiro atoms. The number of carbonyl (C=O) groups is 2. The molecule has 1 saturated heterocycles. The van der Waals surface area contributed by atoms with Gasteiger partial charge in [-0.3, -0.25) is 9.59 Å². The second-order valence-corrected chi connectivity index (χ2v) is 5.13. The van der Waals surface area contributed by atoms with Crippen molar-refractivity contribution in [2.45, 2.75) is 19.3 Å². The molecule has 1 fully saturated rings. The van der Waals surface area contributed by atoms with Gasteiger partial charge >= 0.3 is 5.97 Å². The third kappa shape index (κ3) is 4.23. The van der Waals surface area contributed by atoms with Crippen molar-refractivity contribution in [2.75, 3.05) is 13.1 Å². The Balaban J connectivity index is 1.92. The van der Waals surface area contributed by atoms with Crippen molar-refractivity contribution in [1.29, 1.82) is 0 Å². The van der Waals surface area contributed by atoms with Gasteiger partial charge in [0.15, 0.2) is 0 Å². The van der Waals surface area contributed by atoms with Crippen molar-refractivity contribution in [2.24, 2.45) is 5.92 Å². The Labute approximate surface area is 118 Å². The zero-order chi connectivity index (χ0) is 14.4. The molecule has 1 aliphatic rings. The predicted octanol–water partition coefficient (Wildman–Crippen LogP) is 2.41. The summed E-state index contributed by atoms with van der Waals surface area (Å²) in [6.45, 7) is 1.26. The summed E-state index contributed by atoms with van der Waals surface area (Å²) in [4.78, 5) is 24.6. The minimum Gasteiger partial charge on any atom is -0.481 e. The Morgan fingerprint density at radius 3 is 2.75 bits per heavy atom. The third-order valence-electron chi connectivity index (χ3n) is 3.51. The smallest absolute Gasteiger partial charge is 0.303 e. The van der Waals surface area contributed by atoms with Gasteiger partial charge in [0.05, 0.1) is 0 Å². The van der Waals surface area contributed by atoms with Crippen molar-refractivity contribution in [3.63, 3.8) is 0 Å². The van der Waals surface area contributed by atoms with E-state index in [0.29, 0.717) is 13.1 Å². The molecule has 1 atom stereocenters. The second-order valence-electron chi connectivity index (χ2n) is 5.13. The molecule has 0 aliphatic carbocycles. The van der Waals surface area contributed by atoms with E-state index in [1.165, 1.54) is 0 Å². The number of benzene rings is 1. The van der Waals surface area contributed by atoms with Gasteiger partial charge in [-0.2, -0.15) is 0 Å². The zero-order valence-electron chi connectivity index (χ0n) is 11.4. The predicted molar refractivity (Wildman–Crippen MR) is 77.0 cm³/mol. The number of hydrogen-bond acceptors (Lipinski definition) is 2. The fourth-order valence-corrected chi connectivity index (χ4v) is 2.52. The molecule has 20 heavy (non-hydrogen) atoms. The molecule has 106 valence electrons. The van der Waals surface area contributed by atoms with Gasteiger partial charge in [0.25, 0.3) is 0 Å². The highest BCUT2D eigenvalue weighted by Gasteiger charge is 2.23. The van der Waals surface area contributed by atoms with Gasteiger partial charge in [0, 0.05) is 25.6 Å². The summed E-state index contributed by atoms with van der Waals surface area (Å²) in [7, 11) is 0. The van der Waals surface area contributed by atoms with E-state index in [1.807, 2.05) is 30.3 Å². The Hall–Kier alpha value is -2.10. The van der Waals surface area contributed by atoms with E-state index in [-0.39, 0.29) is 18.2 Å². The van der Waals surface area contributed by atoms with E-state index in [4.69, 9.17) is 5.11 Å². The first kappa shape index (κ1) is 14.3. The number of carbonyl (C=O) groups excluding carboxylic acids is 1. The van der Waals surface area contributed by atoms with Crippen LogP contribution in [-0.2, 0) is 9.59 Å². The minimum atomic E-state index is -0.788. The molecule has 1 amide bonds. The minimum absolute atomic E-state index is 0.0380. The fourth-order valence-electron chi connectivity index (χ4n) is 2.52. The number of piperidine rings is 1. The first-order chi connectivity index (χ1) is 9.65. The van der Waals surface area contributed by atoms with Crippen LogP contribution >= 0.6 is 0 Å². The maximum atomic E-state index is 12.1. The Morgan fingerprint density at radius 1 is 1.30 bits per heavy atom. The number of carboxylic acid groups (broad SMARTS) is 1. The van der Waals surface area contributed by atoms with Crippen LogP contribution in [0, 0.1) is 5.92 Å². The number of hydrogen-bond donors (Lipinski definition) is 1. The summed E-state index contributed by atoms with van der Waals surface area (Å²) in [5.41, 5.74) is 0.986. The first-order valence-corrected chi connectivity index (χ1v) is 6.89. The monoisotopic (exact) mass is 273 g/mol. The maximum absolute atomic E-state index is 12.1. The highest BCUT2D eigenvalue weighted by atomic mass is 16.4. The van der Waals surface area contributed by atoms with Gasteiger partial charge in [0.1, 0.15) is 0 Å². The van der Waals surface area contributed by atoms with E-state index in [1.54, 1.807) is 17.1 Å². The maximum Gasteiger partial charge on any atom is 0.303 e. The lowest BCUT2D eigenvalue weighted by Crippen LogP contribution is -2.39. The SMILES string of the molecule is O=C(O)CC1CCCN(C(=O)C=Cc2ccccc2)C1. The molecule has 1 aromatic rings. The van der Waals surface area contributed by atoms with Gasteiger partial charge in [0.2, 0.25) is 5.91 Å². The molecule has 0 bridgehead atoms. The molecule has 0 radical (unpaired) electrons. The van der Waals surface area contributed by atoms with Crippen molar-refractivity contribution in [1.82, 2.24) is 4.90 Å². The topological polar surface area (TPSA) is 57.6 Å². The van der Waals surface area contributed by atoms with Crippen LogP contribution in [0.3, 0.4) is 0 Å². The summed E-state index contributed by atoms with van der Waals surface area (Å²) in [6, 6.07) is 9.66. The van der Waals surface area contributed by atoms with Crippen LogP contribution in [0.15, 0.2) is 36.4 Å². The molecule has 1 aliphatic heterocycles. The summed E-state index contributed by atoms with van der Waals surface area (Å²) < 4.78 is 0. The summed E-state index contributed by atoms with van der Waals surface area (Å²) >= 11 is 0. The van der Waals surface area contributed by atoms with Crippen molar-refractivity contribution >= 4 is 18.0 Å². The van der Waals surface area contributed by atoms with E-state index in [0.717, 1.165) is 18.4 Å². The van der Waals surface area contributed by atoms with Crippen LogP contribution in [0.25, 0.3) is 6.08 Å². The van der Waals surface area contributed by atoms with Crippen LogP contribution in [0.5, 0.6) is 0 Å². The van der Waals surface area contributed by atoms with Crippen molar-refractivity contribution < 1.29 is 14.7 Å². The Kier molecular flexibility index (Phi) is 4.93. The van der Waals surface area contributed by atoms with Gasteiger partial charge in [-0.25, -0.2) is 0 Å². The molecule has 4 heteroatoms. The summed E-state index contributed by atoms with van der Waals surface area (Å²) in [6.07, 6.45) is 5.27. The number of nitrogens with zero attached hydrogens (tertiary/aromatic N) is 1. The summed E-state index contributed by atoms with van der Waals surface area (Å²) in [5, 5.41) is 8.83. The number of likely N-dealkylation sites (tertiary alicyclic amines) is 1. The lowest BCUT2D eigenvalue weighted by atomic mass is 9.95. The molecule has 0 saturated carbocycles. The van der Waals surface area contributed by atoms with Crippen molar-refractivity contribution in [3.05, 3.63) is 42.0 Å². The molecule has 1 unspecified atom stereocenters. The zero-order valence-corrected chi connectivity index (χ0v) is 11.4. The normalized spacial score (nSPS) is 19.2. The third-order valence-corrected chi connectivity index (χ3v) is 3.51. The van der Waals surface area contributed by atoms with Crippen molar-refractivity contribution in [3.8, 4) is 0 Å².